The molecule has 2 nitrogen and oxygen atoms in total. The standard InChI is InChI=1S/C12H14BrFO2/c1-15-12(8-5-6-16-7-8)9-3-2-4-10(13)11(9)14/h2-4,8,12H,5-7H2,1H3. The van der Waals surface area contributed by atoms with Gasteiger partial charge in [0.2, 0.25) is 0 Å². The van der Waals surface area contributed by atoms with Gasteiger partial charge in [-0.05, 0) is 28.4 Å². The largest absolute Gasteiger partial charge is 0.381 e. The minimum absolute atomic E-state index is 0.222. The fourth-order valence-corrected chi connectivity index (χ4v) is 2.49. The van der Waals surface area contributed by atoms with E-state index in [1.165, 1.54) is 0 Å². The average molecular weight is 289 g/mol. The lowest BCUT2D eigenvalue weighted by Gasteiger charge is -2.22. The Kier molecular flexibility index (Phi) is 3.95. The first-order valence-corrected chi connectivity index (χ1v) is 6.07. The van der Waals surface area contributed by atoms with Gasteiger partial charge >= 0.3 is 0 Å². The summed E-state index contributed by atoms with van der Waals surface area (Å²) >= 11 is 3.19. The molecule has 0 amide bonds. The number of methoxy groups -OCH3 is 1. The summed E-state index contributed by atoms with van der Waals surface area (Å²) in [5.41, 5.74) is 0.604. The Labute approximate surface area is 103 Å². The van der Waals surface area contributed by atoms with Crippen molar-refractivity contribution in [1.29, 1.82) is 0 Å². The van der Waals surface area contributed by atoms with Crippen LogP contribution in [0.1, 0.15) is 18.1 Å². The molecule has 1 aliphatic heterocycles. The molecule has 2 atom stereocenters. The third kappa shape index (κ3) is 2.29. The van der Waals surface area contributed by atoms with Crippen LogP contribution in [0, 0.1) is 11.7 Å². The highest BCUT2D eigenvalue weighted by Gasteiger charge is 2.29. The smallest absolute Gasteiger partial charge is 0.143 e. The molecule has 0 aliphatic carbocycles. The summed E-state index contributed by atoms with van der Waals surface area (Å²) in [7, 11) is 1.61. The summed E-state index contributed by atoms with van der Waals surface area (Å²) in [6, 6.07) is 5.29. The molecule has 2 rings (SSSR count). The fourth-order valence-electron chi connectivity index (χ4n) is 2.11. The van der Waals surface area contributed by atoms with Crippen LogP contribution in [0.15, 0.2) is 22.7 Å². The van der Waals surface area contributed by atoms with Gasteiger partial charge in [0.25, 0.3) is 0 Å². The van der Waals surface area contributed by atoms with E-state index in [4.69, 9.17) is 9.47 Å². The topological polar surface area (TPSA) is 18.5 Å². The maximum absolute atomic E-state index is 13.9. The lowest BCUT2D eigenvalue weighted by Crippen LogP contribution is -2.16. The zero-order chi connectivity index (χ0) is 11.5. The fraction of sp³-hybridized carbons (Fsp3) is 0.500. The summed E-state index contributed by atoms with van der Waals surface area (Å²) in [5, 5.41) is 0. The van der Waals surface area contributed by atoms with Gasteiger partial charge in [0.1, 0.15) is 5.82 Å². The Morgan fingerprint density at radius 3 is 3.00 bits per heavy atom. The van der Waals surface area contributed by atoms with Crippen molar-refractivity contribution >= 4 is 15.9 Å². The van der Waals surface area contributed by atoms with Crippen LogP contribution in [-0.4, -0.2) is 20.3 Å². The first-order chi connectivity index (χ1) is 7.74. The number of hydrogen-bond acceptors (Lipinski definition) is 2. The van der Waals surface area contributed by atoms with Gasteiger partial charge in [-0.3, -0.25) is 0 Å². The molecule has 0 N–H and O–H groups in total. The summed E-state index contributed by atoms with van der Waals surface area (Å²) in [6.45, 7) is 1.38. The van der Waals surface area contributed by atoms with E-state index in [9.17, 15) is 4.39 Å². The SMILES string of the molecule is COC(c1cccc(Br)c1F)C1CCOC1. The van der Waals surface area contributed by atoms with E-state index < -0.39 is 0 Å². The van der Waals surface area contributed by atoms with Gasteiger partial charge in [-0.15, -0.1) is 0 Å². The summed E-state index contributed by atoms with van der Waals surface area (Å²) in [4.78, 5) is 0. The molecule has 2 unspecified atom stereocenters. The van der Waals surface area contributed by atoms with Gasteiger partial charge in [-0.1, -0.05) is 12.1 Å². The number of rotatable bonds is 3. The molecular weight excluding hydrogens is 275 g/mol. The molecule has 0 radical (unpaired) electrons. The second kappa shape index (κ2) is 5.25. The van der Waals surface area contributed by atoms with Gasteiger partial charge in [0, 0.05) is 25.2 Å². The van der Waals surface area contributed by atoms with Crippen LogP contribution in [0.25, 0.3) is 0 Å². The van der Waals surface area contributed by atoms with Crippen molar-refractivity contribution in [2.75, 3.05) is 20.3 Å². The molecule has 0 spiro atoms. The molecule has 1 fully saturated rings. The highest BCUT2D eigenvalue weighted by atomic mass is 79.9. The predicted octanol–water partition coefficient (Wildman–Crippen LogP) is 3.31. The minimum atomic E-state index is -0.235. The molecule has 1 aromatic rings. The Morgan fingerprint density at radius 2 is 2.38 bits per heavy atom. The van der Waals surface area contributed by atoms with Crippen molar-refractivity contribution in [1.82, 2.24) is 0 Å². The number of halogens is 2. The molecule has 88 valence electrons. The molecule has 1 aromatic carbocycles. The van der Waals surface area contributed by atoms with Crippen molar-refractivity contribution in [3.8, 4) is 0 Å². The summed E-state index contributed by atoms with van der Waals surface area (Å²) in [6.07, 6.45) is 0.699. The van der Waals surface area contributed by atoms with Gasteiger partial charge < -0.3 is 9.47 Å². The Morgan fingerprint density at radius 1 is 1.56 bits per heavy atom. The normalized spacial score (nSPS) is 22.3. The van der Waals surface area contributed by atoms with E-state index >= 15 is 0 Å². The minimum Gasteiger partial charge on any atom is -0.381 e. The lowest BCUT2D eigenvalue weighted by molar-refractivity contribution is 0.0418. The molecule has 4 heteroatoms. The number of hydrogen-bond donors (Lipinski definition) is 0. The predicted molar refractivity (Wildman–Crippen MR) is 62.8 cm³/mol. The van der Waals surface area contributed by atoms with Gasteiger partial charge in [0.05, 0.1) is 17.2 Å². The molecule has 1 saturated heterocycles. The monoisotopic (exact) mass is 288 g/mol. The molecule has 0 saturated carbocycles. The van der Waals surface area contributed by atoms with Crippen LogP contribution in [0.5, 0.6) is 0 Å². The zero-order valence-corrected chi connectivity index (χ0v) is 10.7. The van der Waals surface area contributed by atoms with Crippen LogP contribution in [0.2, 0.25) is 0 Å². The van der Waals surface area contributed by atoms with Crippen molar-refractivity contribution in [2.45, 2.75) is 12.5 Å². The number of ether oxygens (including phenoxy) is 2. The summed E-state index contributed by atoms with van der Waals surface area (Å²) in [5.74, 6) is 0.00931. The van der Waals surface area contributed by atoms with E-state index in [1.54, 1.807) is 19.2 Å². The van der Waals surface area contributed by atoms with E-state index in [1.807, 2.05) is 6.07 Å². The van der Waals surface area contributed by atoms with Crippen molar-refractivity contribution in [3.05, 3.63) is 34.1 Å². The van der Waals surface area contributed by atoms with Crippen molar-refractivity contribution < 1.29 is 13.9 Å². The van der Waals surface area contributed by atoms with Crippen LogP contribution in [-0.2, 0) is 9.47 Å². The molecule has 16 heavy (non-hydrogen) atoms. The first-order valence-electron chi connectivity index (χ1n) is 5.28. The lowest BCUT2D eigenvalue weighted by atomic mass is 9.94. The highest BCUT2D eigenvalue weighted by molar-refractivity contribution is 9.10. The Balaban J connectivity index is 2.28. The van der Waals surface area contributed by atoms with Crippen LogP contribution >= 0.6 is 15.9 Å². The molecule has 1 aliphatic rings. The molecule has 0 aromatic heterocycles. The van der Waals surface area contributed by atoms with Crippen LogP contribution in [0.3, 0.4) is 0 Å². The maximum atomic E-state index is 13.9. The van der Waals surface area contributed by atoms with E-state index in [-0.39, 0.29) is 17.8 Å². The molecule has 1 heterocycles. The van der Waals surface area contributed by atoms with Crippen molar-refractivity contribution in [2.24, 2.45) is 5.92 Å². The van der Waals surface area contributed by atoms with Crippen LogP contribution < -0.4 is 0 Å². The van der Waals surface area contributed by atoms with Crippen LogP contribution in [0.4, 0.5) is 4.39 Å². The average Bonchev–Trinajstić information content (AvgIpc) is 2.79. The van der Waals surface area contributed by atoms with E-state index in [0.717, 1.165) is 13.0 Å². The van der Waals surface area contributed by atoms with E-state index in [2.05, 4.69) is 15.9 Å². The molecular formula is C12H14BrFO2. The highest BCUT2D eigenvalue weighted by Crippen LogP contribution is 2.34. The second-order valence-electron chi connectivity index (χ2n) is 3.92. The number of benzene rings is 1. The first kappa shape index (κ1) is 12.0. The van der Waals surface area contributed by atoms with Gasteiger partial charge in [-0.2, -0.15) is 0 Å². The van der Waals surface area contributed by atoms with E-state index in [0.29, 0.717) is 16.6 Å². The quantitative estimate of drug-likeness (QED) is 0.850. The maximum Gasteiger partial charge on any atom is 0.143 e. The summed E-state index contributed by atoms with van der Waals surface area (Å²) < 4.78 is 25.1. The van der Waals surface area contributed by atoms with Gasteiger partial charge in [0.15, 0.2) is 0 Å². The van der Waals surface area contributed by atoms with Crippen molar-refractivity contribution in [3.63, 3.8) is 0 Å². The third-order valence-corrected chi connectivity index (χ3v) is 3.55. The third-order valence-electron chi connectivity index (χ3n) is 2.93. The molecule has 0 bridgehead atoms. The Bertz CT molecular complexity index is 364. The Hall–Kier alpha value is -0.450. The second-order valence-corrected chi connectivity index (χ2v) is 4.78. The zero-order valence-electron chi connectivity index (χ0n) is 9.08. The van der Waals surface area contributed by atoms with Gasteiger partial charge in [-0.25, -0.2) is 4.39 Å².